The Kier molecular flexibility index (Phi) is 2.43. The second-order valence-corrected chi connectivity index (χ2v) is 3.37. The van der Waals surface area contributed by atoms with Gasteiger partial charge >= 0.3 is 0 Å². The number of carbonyl (C=O) groups excluding carboxylic acids is 1. The quantitative estimate of drug-likeness (QED) is 0.708. The van der Waals surface area contributed by atoms with Crippen LogP contribution in [0.4, 0.5) is 5.82 Å². The number of carbonyl (C=O) groups is 1. The summed E-state index contributed by atoms with van der Waals surface area (Å²) in [5.74, 6) is 0.774. The lowest BCUT2D eigenvalue weighted by molar-refractivity contribution is -0.121. The fourth-order valence-electron chi connectivity index (χ4n) is 1.43. The molecule has 0 saturated carbocycles. The van der Waals surface area contributed by atoms with E-state index in [1.165, 1.54) is 6.33 Å². The Morgan fingerprint density at radius 2 is 2.31 bits per heavy atom. The molecule has 0 atom stereocenters. The molecule has 7 nitrogen and oxygen atoms in total. The summed E-state index contributed by atoms with van der Waals surface area (Å²) in [7, 11) is 1.58. The number of nitrogens with one attached hydrogen (secondary N) is 1. The van der Waals surface area contributed by atoms with E-state index in [9.17, 15) is 4.79 Å². The molecular formula is C9H12N6O. The topological polar surface area (TPSA) is 98.7 Å². The predicted molar refractivity (Wildman–Crippen MR) is 58.5 cm³/mol. The maximum atomic E-state index is 11.3. The minimum absolute atomic E-state index is 0.117. The van der Waals surface area contributed by atoms with Crippen LogP contribution in [-0.2, 0) is 11.3 Å². The SMILES string of the molecule is CNC(=O)Cn1cnc2c(N)nc(C)nc21. The van der Waals surface area contributed by atoms with Gasteiger partial charge in [-0.1, -0.05) is 0 Å². The Morgan fingerprint density at radius 3 is 3.00 bits per heavy atom. The number of aryl methyl sites for hydroxylation is 1. The number of amides is 1. The van der Waals surface area contributed by atoms with Gasteiger partial charge in [-0.25, -0.2) is 15.0 Å². The van der Waals surface area contributed by atoms with Crippen LogP contribution in [0, 0.1) is 6.92 Å². The minimum atomic E-state index is -0.117. The molecule has 0 unspecified atom stereocenters. The number of fused-ring (bicyclic) bond motifs is 1. The van der Waals surface area contributed by atoms with Crippen LogP contribution in [0.5, 0.6) is 0 Å². The van der Waals surface area contributed by atoms with Crippen LogP contribution in [0.25, 0.3) is 11.2 Å². The first-order valence-electron chi connectivity index (χ1n) is 4.77. The van der Waals surface area contributed by atoms with Crippen molar-refractivity contribution in [2.45, 2.75) is 13.5 Å². The number of nitrogens with zero attached hydrogens (tertiary/aromatic N) is 4. The van der Waals surface area contributed by atoms with E-state index in [1.807, 2.05) is 0 Å². The lowest BCUT2D eigenvalue weighted by atomic mass is 10.4. The molecule has 0 aliphatic heterocycles. The minimum Gasteiger partial charge on any atom is -0.382 e. The van der Waals surface area contributed by atoms with Crippen LogP contribution in [0.2, 0.25) is 0 Å². The molecule has 0 aromatic carbocycles. The molecule has 3 N–H and O–H groups in total. The number of nitrogens with two attached hydrogens (primary N) is 1. The molecule has 1 amide bonds. The molecule has 2 heterocycles. The highest BCUT2D eigenvalue weighted by atomic mass is 16.1. The Hall–Kier alpha value is -2.18. The molecule has 0 aliphatic carbocycles. The highest BCUT2D eigenvalue weighted by Gasteiger charge is 2.11. The van der Waals surface area contributed by atoms with Crippen molar-refractivity contribution in [2.75, 3.05) is 12.8 Å². The molecule has 0 fully saturated rings. The summed E-state index contributed by atoms with van der Waals surface area (Å²) in [5, 5.41) is 2.53. The van der Waals surface area contributed by atoms with Gasteiger partial charge in [0.15, 0.2) is 11.5 Å². The third kappa shape index (κ3) is 1.67. The van der Waals surface area contributed by atoms with Gasteiger partial charge in [0, 0.05) is 7.05 Å². The fraction of sp³-hybridized carbons (Fsp3) is 0.333. The Labute approximate surface area is 91.7 Å². The van der Waals surface area contributed by atoms with E-state index in [4.69, 9.17) is 5.73 Å². The fourth-order valence-corrected chi connectivity index (χ4v) is 1.43. The van der Waals surface area contributed by atoms with Crippen molar-refractivity contribution >= 4 is 22.9 Å². The lowest BCUT2D eigenvalue weighted by Gasteiger charge is -2.03. The van der Waals surface area contributed by atoms with Crippen LogP contribution < -0.4 is 11.1 Å². The zero-order valence-electron chi connectivity index (χ0n) is 9.06. The second kappa shape index (κ2) is 3.76. The number of hydrogen-bond donors (Lipinski definition) is 2. The average Bonchev–Trinajstić information content (AvgIpc) is 2.61. The maximum absolute atomic E-state index is 11.3. The van der Waals surface area contributed by atoms with E-state index in [2.05, 4.69) is 20.3 Å². The van der Waals surface area contributed by atoms with E-state index in [0.717, 1.165) is 0 Å². The van der Waals surface area contributed by atoms with Crippen LogP contribution in [0.3, 0.4) is 0 Å². The number of rotatable bonds is 2. The third-order valence-electron chi connectivity index (χ3n) is 2.20. The molecule has 0 aliphatic rings. The summed E-state index contributed by atoms with van der Waals surface area (Å²) in [6.45, 7) is 1.91. The van der Waals surface area contributed by atoms with E-state index < -0.39 is 0 Å². The summed E-state index contributed by atoms with van der Waals surface area (Å²) in [6, 6.07) is 0. The van der Waals surface area contributed by atoms with Crippen molar-refractivity contribution in [1.29, 1.82) is 0 Å². The molecule has 2 rings (SSSR count). The van der Waals surface area contributed by atoms with Crippen molar-refractivity contribution in [3.05, 3.63) is 12.2 Å². The number of hydrogen-bond acceptors (Lipinski definition) is 5. The molecule has 0 saturated heterocycles. The van der Waals surface area contributed by atoms with E-state index >= 15 is 0 Å². The van der Waals surface area contributed by atoms with Crippen molar-refractivity contribution < 1.29 is 4.79 Å². The summed E-state index contributed by atoms with van der Waals surface area (Å²) < 4.78 is 1.64. The van der Waals surface area contributed by atoms with Crippen molar-refractivity contribution in [3.8, 4) is 0 Å². The largest absolute Gasteiger partial charge is 0.382 e. The van der Waals surface area contributed by atoms with Crippen LogP contribution in [0.1, 0.15) is 5.82 Å². The van der Waals surface area contributed by atoms with E-state index in [-0.39, 0.29) is 12.5 Å². The van der Waals surface area contributed by atoms with Crippen molar-refractivity contribution in [2.24, 2.45) is 0 Å². The molecule has 84 valence electrons. The number of likely N-dealkylation sites (N-methyl/N-ethyl adjacent to an activating group) is 1. The normalized spacial score (nSPS) is 10.6. The highest BCUT2D eigenvalue weighted by molar-refractivity contribution is 5.83. The van der Waals surface area contributed by atoms with Crippen LogP contribution in [-0.4, -0.2) is 32.5 Å². The van der Waals surface area contributed by atoms with E-state index in [1.54, 1.807) is 18.5 Å². The molecule has 0 spiro atoms. The first kappa shape index (κ1) is 10.3. The Morgan fingerprint density at radius 1 is 1.56 bits per heavy atom. The summed E-state index contributed by atoms with van der Waals surface area (Å²) in [4.78, 5) is 23.6. The molecule has 0 bridgehead atoms. The third-order valence-corrected chi connectivity index (χ3v) is 2.20. The van der Waals surface area contributed by atoms with Gasteiger partial charge in [-0.15, -0.1) is 0 Å². The zero-order valence-corrected chi connectivity index (χ0v) is 9.06. The Bertz CT molecular complexity index is 546. The van der Waals surface area contributed by atoms with Crippen LogP contribution >= 0.6 is 0 Å². The van der Waals surface area contributed by atoms with Gasteiger partial charge in [0.2, 0.25) is 5.91 Å². The first-order valence-corrected chi connectivity index (χ1v) is 4.77. The molecule has 16 heavy (non-hydrogen) atoms. The molecule has 0 radical (unpaired) electrons. The van der Waals surface area contributed by atoms with Crippen molar-refractivity contribution in [1.82, 2.24) is 24.8 Å². The molecular weight excluding hydrogens is 208 g/mol. The van der Waals surface area contributed by atoms with Gasteiger partial charge in [-0.2, -0.15) is 0 Å². The average molecular weight is 220 g/mol. The number of nitrogen functional groups attached to an aromatic ring is 1. The van der Waals surface area contributed by atoms with Gasteiger partial charge in [0.25, 0.3) is 0 Å². The van der Waals surface area contributed by atoms with Gasteiger partial charge in [-0.3, -0.25) is 4.79 Å². The summed E-state index contributed by atoms with van der Waals surface area (Å²) >= 11 is 0. The van der Waals surface area contributed by atoms with Gasteiger partial charge in [0.05, 0.1) is 6.33 Å². The van der Waals surface area contributed by atoms with Crippen LogP contribution in [0.15, 0.2) is 6.33 Å². The van der Waals surface area contributed by atoms with Gasteiger partial charge < -0.3 is 15.6 Å². The lowest BCUT2D eigenvalue weighted by Crippen LogP contribution is -2.23. The summed E-state index contributed by atoms with van der Waals surface area (Å²) in [5.41, 5.74) is 6.81. The smallest absolute Gasteiger partial charge is 0.239 e. The Balaban J connectivity index is 2.51. The van der Waals surface area contributed by atoms with Crippen molar-refractivity contribution in [3.63, 3.8) is 0 Å². The monoisotopic (exact) mass is 220 g/mol. The highest BCUT2D eigenvalue weighted by Crippen LogP contribution is 2.15. The number of imidazole rings is 1. The maximum Gasteiger partial charge on any atom is 0.239 e. The van der Waals surface area contributed by atoms with E-state index in [0.29, 0.717) is 22.8 Å². The number of aromatic nitrogens is 4. The molecule has 7 heteroatoms. The predicted octanol–water partition coefficient (Wildman–Crippen LogP) is -0.537. The second-order valence-electron chi connectivity index (χ2n) is 3.37. The van der Waals surface area contributed by atoms with Gasteiger partial charge in [-0.05, 0) is 6.92 Å². The molecule has 2 aromatic rings. The molecule has 2 aromatic heterocycles. The first-order chi connectivity index (χ1) is 7.61. The zero-order chi connectivity index (χ0) is 11.7. The number of anilines is 1. The summed E-state index contributed by atoms with van der Waals surface area (Å²) in [6.07, 6.45) is 1.53. The standard InChI is InChI=1S/C9H12N6O/c1-5-13-8(10)7-9(14-5)15(4-12-7)3-6(16)11-2/h4H,3H2,1-2H3,(H,11,16)(H2,10,13,14). The van der Waals surface area contributed by atoms with Gasteiger partial charge in [0.1, 0.15) is 17.9 Å².